The van der Waals surface area contributed by atoms with Gasteiger partial charge in [0, 0.05) is 49.9 Å². The average Bonchev–Trinajstić information content (AvgIpc) is 2.91. The molecule has 3 aromatic rings. The number of nitrogens with one attached hydrogen (secondary N) is 1. The first-order chi connectivity index (χ1) is 17.5. The fourth-order valence-electron chi connectivity index (χ4n) is 4.20. The largest absolute Gasteiger partial charge is 0.588 e. The molecular weight excluding hydrogens is 468 g/mol. The summed E-state index contributed by atoms with van der Waals surface area (Å²) in [4.78, 5) is 22.3. The number of benzene rings is 2. The van der Waals surface area contributed by atoms with Gasteiger partial charge in [-0.25, -0.2) is 4.72 Å². The maximum atomic E-state index is 13.0. The lowest BCUT2D eigenvalue weighted by molar-refractivity contribution is -0.128. The Bertz CT molecular complexity index is 1290. The van der Waals surface area contributed by atoms with Gasteiger partial charge in [-0.1, -0.05) is 55.1 Å². The second-order valence-electron chi connectivity index (χ2n) is 8.87. The third-order valence-electron chi connectivity index (χ3n) is 6.39. The van der Waals surface area contributed by atoms with Crippen LogP contribution in [-0.4, -0.2) is 51.4 Å². The molecule has 0 aliphatic carbocycles. The van der Waals surface area contributed by atoms with Crippen molar-refractivity contribution in [1.29, 1.82) is 0 Å². The van der Waals surface area contributed by atoms with Crippen molar-refractivity contribution in [2.75, 3.05) is 26.2 Å². The van der Waals surface area contributed by atoms with E-state index in [0.29, 0.717) is 34.8 Å². The van der Waals surface area contributed by atoms with Gasteiger partial charge in [0.05, 0.1) is 5.70 Å². The second kappa shape index (κ2) is 12.0. The van der Waals surface area contributed by atoms with Crippen molar-refractivity contribution < 1.29 is 9.35 Å². The minimum atomic E-state index is -1.52. The monoisotopic (exact) mass is 500 g/mol. The summed E-state index contributed by atoms with van der Waals surface area (Å²) >= 11 is -1.52. The fourth-order valence-corrected chi connectivity index (χ4v) is 5.23. The van der Waals surface area contributed by atoms with E-state index in [4.69, 9.17) is 0 Å². The molecular formula is C29H32N4O2S. The molecule has 0 radical (unpaired) electrons. The van der Waals surface area contributed by atoms with Gasteiger partial charge in [0.1, 0.15) is 16.9 Å². The summed E-state index contributed by atoms with van der Waals surface area (Å²) in [6.07, 6.45) is 6.78. The zero-order valence-corrected chi connectivity index (χ0v) is 21.6. The first-order valence-electron chi connectivity index (χ1n) is 12.1. The number of aromatic nitrogens is 1. The van der Waals surface area contributed by atoms with Gasteiger partial charge < -0.3 is 9.45 Å². The van der Waals surface area contributed by atoms with E-state index < -0.39 is 11.4 Å². The van der Waals surface area contributed by atoms with Gasteiger partial charge in [-0.2, -0.15) is 0 Å². The highest BCUT2D eigenvalue weighted by Crippen LogP contribution is 2.21. The maximum absolute atomic E-state index is 13.0. The number of para-hydroxylation sites is 1. The molecule has 1 amide bonds. The van der Waals surface area contributed by atoms with Crippen LogP contribution in [-0.2, 0) is 22.7 Å². The molecule has 186 valence electrons. The van der Waals surface area contributed by atoms with Crippen molar-refractivity contribution in [2.24, 2.45) is 0 Å². The van der Waals surface area contributed by atoms with Gasteiger partial charge in [0.15, 0.2) is 0 Å². The predicted octanol–water partition coefficient (Wildman–Crippen LogP) is 4.52. The lowest BCUT2D eigenvalue weighted by atomic mass is 10.1. The number of allylic oxidation sites excluding steroid dienone is 3. The van der Waals surface area contributed by atoms with E-state index in [1.54, 1.807) is 30.5 Å². The molecule has 7 heteroatoms. The summed E-state index contributed by atoms with van der Waals surface area (Å²) in [5.74, 6) is 0.0181. The zero-order valence-electron chi connectivity index (χ0n) is 20.8. The Balaban J connectivity index is 1.35. The Morgan fingerprint density at radius 2 is 1.83 bits per heavy atom. The zero-order chi connectivity index (χ0) is 25.5. The molecule has 1 aromatic heterocycles. The number of amides is 1. The topological polar surface area (TPSA) is 71.5 Å². The second-order valence-corrected chi connectivity index (χ2v) is 10.1. The number of nitrogens with zero attached hydrogens (tertiary/aromatic N) is 3. The van der Waals surface area contributed by atoms with Crippen LogP contribution in [0.25, 0.3) is 10.9 Å². The standard InChI is InChI=1S/C29H32N4O2S/c1-4-26(31-36(35)27-13-7-11-24-12-8-16-30-28(24)27)15-14-23(3)29(34)33-19-17-32(18-20-33)21-25-10-6-5-9-22(25)2/h4-16,31H,1,17-21H2,2-3H3/b23-14+,26-15+. The Morgan fingerprint density at radius 3 is 2.58 bits per heavy atom. The number of pyridine rings is 1. The summed E-state index contributed by atoms with van der Waals surface area (Å²) in [5, 5.41) is 0.926. The van der Waals surface area contributed by atoms with Gasteiger partial charge in [-0.3, -0.25) is 14.7 Å². The molecule has 1 aliphatic heterocycles. The van der Waals surface area contributed by atoms with E-state index in [-0.39, 0.29) is 5.91 Å². The van der Waals surface area contributed by atoms with E-state index in [9.17, 15) is 9.35 Å². The van der Waals surface area contributed by atoms with Gasteiger partial charge in [0.25, 0.3) is 0 Å². The van der Waals surface area contributed by atoms with Crippen molar-refractivity contribution >= 4 is 28.2 Å². The van der Waals surface area contributed by atoms with E-state index in [1.165, 1.54) is 11.1 Å². The highest BCUT2D eigenvalue weighted by molar-refractivity contribution is 7.89. The Labute approximate surface area is 216 Å². The molecule has 1 N–H and O–H groups in total. The molecule has 6 nitrogen and oxygen atoms in total. The van der Waals surface area contributed by atoms with Crippen molar-refractivity contribution in [3.8, 4) is 0 Å². The smallest absolute Gasteiger partial charge is 0.249 e. The molecule has 1 atom stereocenters. The summed E-state index contributed by atoms with van der Waals surface area (Å²) in [7, 11) is 0. The van der Waals surface area contributed by atoms with Gasteiger partial charge in [-0.05, 0) is 49.3 Å². The van der Waals surface area contributed by atoms with Crippen molar-refractivity contribution in [3.05, 3.63) is 108 Å². The van der Waals surface area contributed by atoms with Crippen LogP contribution in [0.4, 0.5) is 0 Å². The molecule has 4 rings (SSSR count). The number of piperazine rings is 1. The van der Waals surface area contributed by atoms with E-state index in [0.717, 1.165) is 25.0 Å². The predicted molar refractivity (Wildman–Crippen MR) is 146 cm³/mol. The van der Waals surface area contributed by atoms with Gasteiger partial charge in [-0.15, -0.1) is 0 Å². The highest BCUT2D eigenvalue weighted by Gasteiger charge is 2.22. The third kappa shape index (κ3) is 6.23. The quantitative estimate of drug-likeness (QED) is 0.280. The normalized spacial score (nSPS) is 16.1. The van der Waals surface area contributed by atoms with Crippen LogP contribution < -0.4 is 4.72 Å². The number of carbonyl (C=O) groups is 1. The van der Waals surface area contributed by atoms with Gasteiger partial charge in [0.2, 0.25) is 10.8 Å². The lowest BCUT2D eigenvalue weighted by Gasteiger charge is -2.35. The number of fused-ring (bicyclic) bond motifs is 1. The average molecular weight is 501 g/mol. The molecule has 0 saturated carbocycles. The SMILES string of the molecule is C=C/C(=C\C=C(/C)C(=O)N1CCN(Cc2ccccc2C)CC1)N[S+]([O-])c1cccc2cccnc12. The van der Waals surface area contributed by atoms with Crippen molar-refractivity contribution in [2.45, 2.75) is 25.3 Å². The molecule has 1 aliphatic rings. The van der Waals surface area contributed by atoms with Crippen LogP contribution in [0.2, 0.25) is 0 Å². The van der Waals surface area contributed by atoms with Crippen LogP contribution >= 0.6 is 0 Å². The van der Waals surface area contributed by atoms with Crippen LogP contribution in [0.3, 0.4) is 0 Å². The Hall–Kier alpha value is -3.39. The molecule has 36 heavy (non-hydrogen) atoms. The third-order valence-corrected chi connectivity index (χ3v) is 7.54. The van der Waals surface area contributed by atoms with Crippen molar-refractivity contribution in [1.82, 2.24) is 19.5 Å². The number of hydrogen-bond donors (Lipinski definition) is 1. The number of rotatable bonds is 8. The minimum Gasteiger partial charge on any atom is -0.588 e. The highest BCUT2D eigenvalue weighted by atomic mass is 32.2. The fraction of sp³-hybridized carbons (Fsp3) is 0.241. The number of carbonyl (C=O) groups excluding carboxylic acids is 1. The molecule has 0 spiro atoms. The maximum Gasteiger partial charge on any atom is 0.249 e. The van der Waals surface area contributed by atoms with E-state index in [1.807, 2.05) is 36.1 Å². The molecule has 0 bridgehead atoms. The summed E-state index contributed by atoms with van der Waals surface area (Å²) < 4.78 is 16.0. The van der Waals surface area contributed by atoms with Crippen LogP contribution in [0.5, 0.6) is 0 Å². The summed E-state index contributed by atoms with van der Waals surface area (Å²) in [6.45, 7) is 11.8. The number of hydrogen-bond acceptors (Lipinski definition) is 5. The molecule has 1 unspecified atom stereocenters. The van der Waals surface area contributed by atoms with Crippen LogP contribution in [0, 0.1) is 6.92 Å². The Morgan fingerprint density at radius 1 is 1.08 bits per heavy atom. The minimum absolute atomic E-state index is 0.0181. The first kappa shape index (κ1) is 25.7. The summed E-state index contributed by atoms with van der Waals surface area (Å²) in [5.41, 5.74) is 4.51. The van der Waals surface area contributed by atoms with E-state index in [2.05, 4.69) is 52.4 Å². The van der Waals surface area contributed by atoms with Crippen molar-refractivity contribution in [3.63, 3.8) is 0 Å². The summed E-state index contributed by atoms with van der Waals surface area (Å²) in [6, 6.07) is 17.8. The molecule has 2 aromatic carbocycles. The molecule has 1 fully saturated rings. The molecule has 1 saturated heterocycles. The van der Waals surface area contributed by atoms with Crippen LogP contribution in [0.1, 0.15) is 18.1 Å². The lowest BCUT2D eigenvalue weighted by Crippen LogP contribution is -2.48. The van der Waals surface area contributed by atoms with Gasteiger partial charge >= 0.3 is 0 Å². The van der Waals surface area contributed by atoms with Crippen LogP contribution in [0.15, 0.2) is 102 Å². The van der Waals surface area contributed by atoms with E-state index >= 15 is 0 Å². The number of aryl methyl sites for hydroxylation is 1. The molecule has 2 heterocycles. The Kier molecular flexibility index (Phi) is 8.59. The first-order valence-corrected chi connectivity index (χ1v) is 13.2.